The molecule has 0 aliphatic heterocycles. The van der Waals surface area contributed by atoms with E-state index in [1.807, 2.05) is 20.8 Å². The van der Waals surface area contributed by atoms with Crippen molar-refractivity contribution in [2.45, 2.75) is 97.8 Å². The molecule has 2 amide bonds. The summed E-state index contributed by atoms with van der Waals surface area (Å²) in [5.74, 6) is -1.22. The molecule has 0 radical (unpaired) electrons. The molecule has 0 aromatic rings. The summed E-state index contributed by atoms with van der Waals surface area (Å²) in [6.07, 6.45) is 2.29. The normalized spacial score (nSPS) is 13.7. The number of esters is 2. The maximum atomic E-state index is 12.6. The van der Waals surface area contributed by atoms with E-state index in [1.54, 1.807) is 20.8 Å². The van der Waals surface area contributed by atoms with Crippen molar-refractivity contribution in [3.05, 3.63) is 0 Å². The molecular formula is C22H41N3O6. The van der Waals surface area contributed by atoms with Gasteiger partial charge in [0.15, 0.2) is 0 Å². The third kappa shape index (κ3) is 14.5. The average molecular weight is 444 g/mol. The molecule has 0 aromatic carbocycles. The van der Waals surface area contributed by atoms with Crippen molar-refractivity contribution in [3.63, 3.8) is 0 Å². The zero-order chi connectivity index (χ0) is 24.2. The molecule has 0 bridgehead atoms. The number of nitrogens with one attached hydrogen (secondary N) is 2. The van der Waals surface area contributed by atoms with E-state index in [2.05, 4.69) is 10.6 Å². The zero-order valence-corrected chi connectivity index (χ0v) is 20.1. The summed E-state index contributed by atoms with van der Waals surface area (Å²) in [5, 5.41) is 5.09. The zero-order valence-electron chi connectivity index (χ0n) is 20.1. The summed E-state index contributed by atoms with van der Waals surface area (Å²) >= 11 is 0. The van der Waals surface area contributed by atoms with Crippen LogP contribution in [0.15, 0.2) is 0 Å². The van der Waals surface area contributed by atoms with Crippen molar-refractivity contribution >= 4 is 23.8 Å². The van der Waals surface area contributed by atoms with Gasteiger partial charge in [0.05, 0.1) is 7.11 Å². The summed E-state index contributed by atoms with van der Waals surface area (Å²) in [5.41, 5.74) is 4.56. The van der Waals surface area contributed by atoms with Crippen molar-refractivity contribution in [1.82, 2.24) is 10.6 Å². The third-order valence-electron chi connectivity index (χ3n) is 4.17. The Morgan fingerprint density at radius 1 is 0.871 bits per heavy atom. The molecule has 0 aliphatic rings. The summed E-state index contributed by atoms with van der Waals surface area (Å²) in [6.45, 7) is 11.5. The van der Waals surface area contributed by atoms with E-state index in [0.717, 1.165) is 0 Å². The lowest BCUT2D eigenvalue weighted by Gasteiger charge is -2.25. The highest BCUT2D eigenvalue weighted by Crippen LogP contribution is 2.20. The number of nitrogens with two attached hydrogens (primary N) is 1. The number of ether oxygens (including phenoxy) is 2. The van der Waals surface area contributed by atoms with Gasteiger partial charge in [-0.15, -0.1) is 0 Å². The molecule has 31 heavy (non-hydrogen) atoms. The van der Waals surface area contributed by atoms with Gasteiger partial charge in [0.25, 0.3) is 0 Å². The molecule has 0 spiro atoms. The first-order valence-electron chi connectivity index (χ1n) is 10.8. The predicted molar refractivity (Wildman–Crippen MR) is 118 cm³/mol. The van der Waals surface area contributed by atoms with Crippen LogP contribution in [0.5, 0.6) is 0 Å². The molecule has 180 valence electrons. The van der Waals surface area contributed by atoms with E-state index in [0.29, 0.717) is 32.2 Å². The van der Waals surface area contributed by atoms with E-state index < -0.39 is 35.7 Å². The van der Waals surface area contributed by atoms with Crippen LogP contribution in [0.3, 0.4) is 0 Å². The number of carbonyl (C=O) groups is 4. The number of amides is 2. The molecule has 4 N–H and O–H groups in total. The van der Waals surface area contributed by atoms with Gasteiger partial charge < -0.3 is 25.8 Å². The Hall–Kier alpha value is -2.16. The number of hydrogen-bond donors (Lipinski definition) is 3. The molecule has 0 unspecified atom stereocenters. The monoisotopic (exact) mass is 443 g/mol. The van der Waals surface area contributed by atoms with E-state index in [1.165, 1.54) is 7.11 Å². The fourth-order valence-electron chi connectivity index (χ4n) is 2.85. The molecule has 2 atom stereocenters. The van der Waals surface area contributed by atoms with Crippen LogP contribution in [0.2, 0.25) is 0 Å². The maximum absolute atomic E-state index is 12.6. The van der Waals surface area contributed by atoms with E-state index in [-0.39, 0.29) is 24.0 Å². The van der Waals surface area contributed by atoms with Crippen molar-refractivity contribution in [3.8, 4) is 0 Å². The Morgan fingerprint density at radius 3 is 1.87 bits per heavy atom. The van der Waals surface area contributed by atoms with Crippen LogP contribution in [-0.4, -0.2) is 55.1 Å². The van der Waals surface area contributed by atoms with Gasteiger partial charge in [-0.25, -0.2) is 14.4 Å². The summed E-state index contributed by atoms with van der Waals surface area (Å²) in [4.78, 5) is 49.3. The largest absolute Gasteiger partial charge is 0.467 e. The number of unbranched alkanes of at least 4 members (excludes halogenated alkanes) is 1. The van der Waals surface area contributed by atoms with Gasteiger partial charge in [0.1, 0.15) is 23.5 Å². The fourth-order valence-corrected chi connectivity index (χ4v) is 2.85. The minimum Gasteiger partial charge on any atom is -0.467 e. The van der Waals surface area contributed by atoms with Crippen molar-refractivity contribution < 1.29 is 28.7 Å². The van der Waals surface area contributed by atoms with Gasteiger partial charge in [-0.1, -0.05) is 20.8 Å². The standard InChI is InChI=1S/C22H41N3O6/c1-21(2,3)14-15(26)11-12-17(19(28)31-22(4,5)6)25-20(29)24-16(18(27)30-7)10-8-9-13-23/h16-17H,8-14,23H2,1-7H3,(H2,24,25,29)/t16-,17-/m0/s1. The van der Waals surface area contributed by atoms with Crippen LogP contribution < -0.4 is 16.4 Å². The highest BCUT2D eigenvalue weighted by molar-refractivity contribution is 5.87. The molecule has 9 nitrogen and oxygen atoms in total. The predicted octanol–water partition coefficient (Wildman–Crippen LogP) is 2.45. The van der Waals surface area contributed by atoms with Gasteiger partial charge in [-0.3, -0.25) is 4.79 Å². The number of urea groups is 1. The van der Waals surface area contributed by atoms with Gasteiger partial charge in [0, 0.05) is 12.8 Å². The van der Waals surface area contributed by atoms with Crippen molar-refractivity contribution in [1.29, 1.82) is 0 Å². The van der Waals surface area contributed by atoms with Crippen LogP contribution in [0.4, 0.5) is 4.79 Å². The smallest absolute Gasteiger partial charge is 0.329 e. The Bertz CT molecular complexity index is 607. The topological polar surface area (TPSA) is 137 Å². The van der Waals surface area contributed by atoms with E-state index in [9.17, 15) is 19.2 Å². The minimum absolute atomic E-state index is 0.00233. The molecule has 0 heterocycles. The fraction of sp³-hybridized carbons (Fsp3) is 0.818. The molecule has 0 saturated carbocycles. The van der Waals surface area contributed by atoms with Gasteiger partial charge in [-0.05, 0) is 58.4 Å². The molecular weight excluding hydrogens is 402 g/mol. The number of ketones is 1. The first-order valence-corrected chi connectivity index (χ1v) is 10.8. The molecule has 0 aliphatic carbocycles. The lowest BCUT2D eigenvalue weighted by molar-refractivity contribution is -0.157. The summed E-state index contributed by atoms with van der Waals surface area (Å²) in [6, 6.07) is -2.59. The minimum atomic E-state index is -1.02. The molecule has 0 rings (SSSR count). The second kappa shape index (κ2) is 13.3. The SMILES string of the molecule is COC(=O)[C@H](CCCCN)NC(=O)N[C@@H](CCC(=O)CC(C)(C)C)C(=O)OC(C)(C)C. The van der Waals surface area contributed by atoms with E-state index in [4.69, 9.17) is 15.2 Å². The number of methoxy groups -OCH3 is 1. The Balaban J connectivity index is 5.16. The van der Waals surface area contributed by atoms with Gasteiger partial charge in [-0.2, -0.15) is 0 Å². The van der Waals surface area contributed by atoms with Crippen LogP contribution in [0.25, 0.3) is 0 Å². The van der Waals surface area contributed by atoms with Crippen LogP contribution in [-0.2, 0) is 23.9 Å². The third-order valence-corrected chi connectivity index (χ3v) is 4.17. The Kier molecular flexibility index (Phi) is 12.4. The Morgan fingerprint density at radius 2 is 1.42 bits per heavy atom. The van der Waals surface area contributed by atoms with Gasteiger partial charge in [0.2, 0.25) is 0 Å². The summed E-state index contributed by atoms with van der Waals surface area (Å²) in [7, 11) is 1.24. The molecule has 9 heteroatoms. The van der Waals surface area contributed by atoms with Crippen molar-refractivity contribution in [2.24, 2.45) is 11.1 Å². The second-order valence-electron chi connectivity index (χ2n) is 9.88. The summed E-state index contributed by atoms with van der Waals surface area (Å²) < 4.78 is 10.1. The molecule has 0 aromatic heterocycles. The number of hydrogen-bond acceptors (Lipinski definition) is 7. The second-order valence-corrected chi connectivity index (χ2v) is 9.88. The maximum Gasteiger partial charge on any atom is 0.329 e. The first-order chi connectivity index (χ1) is 14.2. The van der Waals surface area contributed by atoms with Crippen LogP contribution in [0.1, 0.15) is 80.1 Å². The molecule has 0 saturated heterocycles. The number of rotatable bonds is 12. The molecule has 0 fully saturated rings. The lowest BCUT2D eigenvalue weighted by Crippen LogP contribution is -2.52. The van der Waals surface area contributed by atoms with E-state index >= 15 is 0 Å². The number of carbonyl (C=O) groups excluding carboxylic acids is 4. The average Bonchev–Trinajstić information content (AvgIpc) is 2.60. The lowest BCUT2D eigenvalue weighted by atomic mass is 9.88. The van der Waals surface area contributed by atoms with Crippen molar-refractivity contribution in [2.75, 3.05) is 13.7 Å². The van der Waals surface area contributed by atoms with Crippen LogP contribution >= 0.6 is 0 Å². The Labute approximate surface area is 186 Å². The first kappa shape index (κ1) is 28.8. The van der Waals surface area contributed by atoms with Gasteiger partial charge >= 0.3 is 18.0 Å². The highest BCUT2D eigenvalue weighted by Gasteiger charge is 2.29. The van der Waals surface area contributed by atoms with Crippen LogP contribution in [0, 0.1) is 5.41 Å². The highest BCUT2D eigenvalue weighted by atomic mass is 16.6. The quantitative estimate of drug-likeness (QED) is 0.311. The number of Topliss-reactive ketones (excluding diaryl/α,β-unsaturated/α-hetero) is 1.